The van der Waals surface area contributed by atoms with Gasteiger partial charge in [-0.3, -0.25) is 9.90 Å². The maximum atomic E-state index is 13.0. The van der Waals surface area contributed by atoms with Crippen molar-refractivity contribution in [2.75, 3.05) is 23.9 Å². The Morgan fingerprint density at radius 2 is 2.14 bits per heavy atom. The molecule has 1 aliphatic rings. The molecule has 0 radical (unpaired) electrons. The Hall–Kier alpha value is -1.36. The summed E-state index contributed by atoms with van der Waals surface area (Å²) in [6.07, 6.45) is 0.831. The van der Waals surface area contributed by atoms with Gasteiger partial charge in [0.05, 0.1) is 18.0 Å². The maximum absolute atomic E-state index is 13.0. The number of nitrogen functional groups attached to an aromatic ring is 1. The zero-order chi connectivity index (χ0) is 10.1. The predicted molar refractivity (Wildman–Crippen MR) is 48.7 cm³/mol. The molecule has 76 valence electrons. The first kappa shape index (κ1) is 9.21. The zero-order valence-corrected chi connectivity index (χ0v) is 7.46. The lowest BCUT2D eigenvalue weighted by Crippen LogP contribution is -2.18. The van der Waals surface area contributed by atoms with Crippen LogP contribution in [-0.2, 0) is 4.84 Å². The Kier molecular flexibility index (Phi) is 2.25. The van der Waals surface area contributed by atoms with Crippen molar-refractivity contribution < 1.29 is 13.6 Å². The fourth-order valence-corrected chi connectivity index (χ4v) is 1.41. The van der Waals surface area contributed by atoms with E-state index in [0.29, 0.717) is 13.2 Å². The molecule has 0 aromatic heterocycles. The Bertz CT molecular complexity index is 351. The molecule has 1 saturated heterocycles. The number of nitrogens with zero attached hydrogens (tertiary/aromatic N) is 1. The Balaban J connectivity index is 2.40. The molecule has 3 nitrogen and oxygen atoms in total. The molecule has 5 heteroatoms. The summed E-state index contributed by atoms with van der Waals surface area (Å²) in [6, 6.07) is 1.93. The van der Waals surface area contributed by atoms with E-state index in [1.54, 1.807) is 0 Å². The van der Waals surface area contributed by atoms with Gasteiger partial charge >= 0.3 is 0 Å². The van der Waals surface area contributed by atoms with Gasteiger partial charge in [-0.1, -0.05) is 0 Å². The van der Waals surface area contributed by atoms with Crippen LogP contribution in [0.1, 0.15) is 6.42 Å². The van der Waals surface area contributed by atoms with Gasteiger partial charge in [-0.2, -0.15) is 0 Å². The van der Waals surface area contributed by atoms with Crippen LogP contribution >= 0.6 is 0 Å². The summed E-state index contributed by atoms with van der Waals surface area (Å²) in [5, 5.41) is 1.42. The number of nitrogens with two attached hydrogens (primary N) is 1. The number of hydrogen-bond acceptors (Lipinski definition) is 3. The third-order valence-corrected chi connectivity index (χ3v) is 2.09. The third kappa shape index (κ3) is 1.50. The van der Waals surface area contributed by atoms with E-state index >= 15 is 0 Å². The normalized spacial score (nSPS) is 16.3. The van der Waals surface area contributed by atoms with E-state index in [-0.39, 0.29) is 11.4 Å². The quantitative estimate of drug-likeness (QED) is 0.701. The van der Waals surface area contributed by atoms with E-state index in [2.05, 4.69) is 0 Å². The molecule has 1 aromatic rings. The van der Waals surface area contributed by atoms with E-state index in [1.807, 2.05) is 0 Å². The highest BCUT2D eigenvalue weighted by Gasteiger charge is 2.19. The summed E-state index contributed by atoms with van der Waals surface area (Å²) in [7, 11) is 0. The van der Waals surface area contributed by atoms with Gasteiger partial charge < -0.3 is 5.73 Å². The Morgan fingerprint density at radius 1 is 1.36 bits per heavy atom. The van der Waals surface area contributed by atoms with Crippen molar-refractivity contribution >= 4 is 11.4 Å². The van der Waals surface area contributed by atoms with Crippen molar-refractivity contribution in [3.05, 3.63) is 23.8 Å². The molecule has 1 aromatic carbocycles. The molecular formula is C9H10F2N2O. The van der Waals surface area contributed by atoms with Gasteiger partial charge in [0.15, 0.2) is 5.82 Å². The number of anilines is 2. The molecule has 2 N–H and O–H groups in total. The molecule has 0 amide bonds. The predicted octanol–water partition coefficient (Wildman–Crippen LogP) is 1.69. The maximum Gasteiger partial charge on any atom is 0.151 e. The van der Waals surface area contributed by atoms with Crippen molar-refractivity contribution in [1.29, 1.82) is 0 Å². The second-order valence-electron chi connectivity index (χ2n) is 3.11. The molecule has 14 heavy (non-hydrogen) atoms. The largest absolute Gasteiger partial charge is 0.395 e. The molecule has 0 saturated carbocycles. The molecule has 0 atom stereocenters. The van der Waals surface area contributed by atoms with Gasteiger partial charge in [0, 0.05) is 18.7 Å². The zero-order valence-electron chi connectivity index (χ0n) is 7.46. The van der Waals surface area contributed by atoms with E-state index in [4.69, 9.17) is 10.6 Å². The fourth-order valence-electron chi connectivity index (χ4n) is 1.41. The van der Waals surface area contributed by atoms with Gasteiger partial charge in [0.25, 0.3) is 0 Å². The van der Waals surface area contributed by atoms with Crippen molar-refractivity contribution in [3.63, 3.8) is 0 Å². The first-order chi connectivity index (χ1) is 6.68. The summed E-state index contributed by atoms with van der Waals surface area (Å²) in [6.45, 7) is 1.16. The molecule has 1 heterocycles. The van der Waals surface area contributed by atoms with E-state index < -0.39 is 11.6 Å². The number of rotatable bonds is 1. The standard InChI is InChI=1S/C9H10F2N2O/c10-6-4-7(11)9(12)8(5-6)13-2-1-3-14-13/h4-5H,1-3,12H2. The van der Waals surface area contributed by atoms with Gasteiger partial charge in [0.2, 0.25) is 0 Å². The van der Waals surface area contributed by atoms with Gasteiger partial charge in [-0.25, -0.2) is 8.78 Å². The van der Waals surface area contributed by atoms with E-state index in [1.165, 1.54) is 11.1 Å². The summed E-state index contributed by atoms with van der Waals surface area (Å²) < 4.78 is 25.9. The first-order valence-electron chi connectivity index (χ1n) is 4.33. The van der Waals surface area contributed by atoms with Crippen molar-refractivity contribution in [2.45, 2.75) is 6.42 Å². The smallest absolute Gasteiger partial charge is 0.151 e. The van der Waals surface area contributed by atoms with Gasteiger partial charge in [-0.05, 0) is 6.42 Å². The second-order valence-corrected chi connectivity index (χ2v) is 3.11. The van der Waals surface area contributed by atoms with Crippen molar-refractivity contribution in [1.82, 2.24) is 0 Å². The molecule has 1 aliphatic heterocycles. The van der Waals surface area contributed by atoms with Crippen molar-refractivity contribution in [2.24, 2.45) is 0 Å². The Morgan fingerprint density at radius 3 is 2.79 bits per heavy atom. The minimum Gasteiger partial charge on any atom is -0.395 e. The van der Waals surface area contributed by atoms with Gasteiger partial charge in [0.1, 0.15) is 5.82 Å². The summed E-state index contributed by atoms with van der Waals surface area (Å²) >= 11 is 0. The highest BCUT2D eigenvalue weighted by Crippen LogP contribution is 2.29. The molecular weight excluding hydrogens is 190 g/mol. The summed E-state index contributed by atoms with van der Waals surface area (Å²) in [4.78, 5) is 5.15. The highest BCUT2D eigenvalue weighted by molar-refractivity contribution is 5.67. The van der Waals surface area contributed by atoms with E-state index in [9.17, 15) is 8.78 Å². The summed E-state index contributed by atoms with van der Waals surface area (Å²) in [5.74, 6) is -1.40. The average molecular weight is 200 g/mol. The highest BCUT2D eigenvalue weighted by atomic mass is 19.1. The summed E-state index contributed by atoms with van der Waals surface area (Å²) in [5.41, 5.74) is 5.66. The molecule has 1 fully saturated rings. The van der Waals surface area contributed by atoms with Crippen molar-refractivity contribution in [3.8, 4) is 0 Å². The monoisotopic (exact) mass is 200 g/mol. The van der Waals surface area contributed by atoms with Crippen LogP contribution in [0, 0.1) is 11.6 Å². The molecule has 2 rings (SSSR count). The molecule has 0 spiro atoms. The third-order valence-electron chi connectivity index (χ3n) is 2.09. The average Bonchev–Trinajstić information content (AvgIpc) is 2.63. The number of hydrogen-bond donors (Lipinski definition) is 1. The van der Waals surface area contributed by atoms with Crippen LogP contribution in [0.3, 0.4) is 0 Å². The van der Waals surface area contributed by atoms with Crippen LogP contribution in [0.5, 0.6) is 0 Å². The van der Waals surface area contributed by atoms with Crippen LogP contribution in [0.4, 0.5) is 20.2 Å². The minimum absolute atomic E-state index is 0.0756. The lowest BCUT2D eigenvalue weighted by Gasteiger charge is -2.18. The minimum atomic E-state index is -0.754. The van der Waals surface area contributed by atoms with E-state index in [0.717, 1.165) is 12.5 Å². The van der Waals surface area contributed by atoms with Crippen LogP contribution in [0.2, 0.25) is 0 Å². The second kappa shape index (κ2) is 3.42. The lowest BCUT2D eigenvalue weighted by atomic mass is 10.2. The molecule has 0 aliphatic carbocycles. The SMILES string of the molecule is Nc1c(F)cc(F)cc1N1CCCO1. The Labute approximate surface area is 80.0 Å². The number of hydroxylamine groups is 1. The van der Waals surface area contributed by atoms with Crippen LogP contribution in [-0.4, -0.2) is 13.2 Å². The number of benzene rings is 1. The van der Waals surface area contributed by atoms with Crippen LogP contribution < -0.4 is 10.8 Å². The first-order valence-corrected chi connectivity index (χ1v) is 4.33. The lowest BCUT2D eigenvalue weighted by molar-refractivity contribution is 0.168. The van der Waals surface area contributed by atoms with Gasteiger partial charge in [-0.15, -0.1) is 0 Å². The number of halogens is 2. The van der Waals surface area contributed by atoms with Crippen LogP contribution in [0.15, 0.2) is 12.1 Å². The topological polar surface area (TPSA) is 38.5 Å². The molecule has 0 bridgehead atoms. The fraction of sp³-hybridized carbons (Fsp3) is 0.333. The molecule has 0 unspecified atom stereocenters. The van der Waals surface area contributed by atoms with Crippen LogP contribution in [0.25, 0.3) is 0 Å².